The molecule has 0 spiro atoms. The predicted octanol–water partition coefficient (Wildman–Crippen LogP) is 2.57. The lowest BCUT2D eigenvalue weighted by Crippen LogP contribution is -2.32. The number of ether oxygens (including phenoxy) is 1. The van der Waals surface area contributed by atoms with Crippen LogP contribution in [0.1, 0.15) is 18.1 Å². The van der Waals surface area contributed by atoms with Crippen LogP contribution in [0.15, 0.2) is 18.2 Å². The summed E-state index contributed by atoms with van der Waals surface area (Å²) in [5.74, 6) is 2.07. The van der Waals surface area contributed by atoms with Gasteiger partial charge in [-0.3, -0.25) is 4.79 Å². The lowest BCUT2D eigenvalue weighted by Gasteiger charge is -2.17. The van der Waals surface area contributed by atoms with E-state index in [9.17, 15) is 4.79 Å². The number of hydrogen-bond acceptors (Lipinski definition) is 4. The second-order valence-electron chi connectivity index (χ2n) is 5.40. The van der Waals surface area contributed by atoms with Crippen LogP contribution in [0.3, 0.4) is 0 Å². The fourth-order valence-corrected chi connectivity index (χ4v) is 2.93. The molecule has 0 unspecified atom stereocenters. The molecule has 2 heterocycles. The van der Waals surface area contributed by atoms with E-state index in [1.807, 2.05) is 0 Å². The van der Waals surface area contributed by atoms with E-state index in [0.29, 0.717) is 22.3 Å². The molecule has 0 saturated carbocycles. The first-order valence-corrected chi connectivity index (χ1v) is 8.03. The second-order valence-corrected chi connectivity index (χ2v) is 6.24. The highest BCUT2D eigenvalue weighted by atomic mass is 35.5. The molecule has 1 amide bonds. The molecule has 0 bridgehead atoms. The van der Waals surface area contributed by atoms with Crippen molar-refractivity contribution in [3.8, 4) is 5.75 Å². The van der Waals surface area contributed by atoms with Gasteiger partial charge in [0.2, 0.25) is 0 Å². The van der Waals surface area contributed by atoms with Crippen molar-refractivity contribution in [2.75, 3.05) is 13.7 Å². The fourth-order valence-electron chi connectivity index (χ4n) is 2.47. The number of benzene rings is 1. The molecule has 0 fully saturated rings. The Hall–Kier alpha value is -1.79. The van der Waals surface area contributed by atoms with Gasteiger partial charge in [0.1, 0.15) is 11.6 Å². The van der Waals surface area contributed by atoms with Crippen LogP contribution in [0.2, 0.25) is 10.0 Å². The first-order chi connectivity index (χ1) is 11.0. The van der Waals surface area contributed by atoms with Gasteiger partial charge in [-0.05, 0) is 24.6 Å². The molecule has 8 heteroatoms. The minimum atomic E-state index is -0.161. The summed E-state index contributed by atoms with van der Waals surface area (Å²) < 4.78 is 7.53. The van der Waals surface area contributed by atoms with Crippen molar-refractivity contribution in [3.63, 3.8) is 0 Å². The molecule has 1 aliphatic heterocycles. The summed E-state index contributed by atoms with van der Waals surface area (Å²) in [4.78, 5) is 13.8. The lowest BCUT2D eigenvalue weighted by atomic mass is 10.3. The number of aromatic nitrogens is 3. The van der Waals surface area contributed by atoms with E-state index in [0.717, 1.165) is 31.0 Å². The summed E-state index contributed by atoms with van der Waals surface area (Å²) in [7, 11) is 1.71. The van der Waals surface area contributed by atoms with Crippen molar-refractivity contribution in [1.82, 2.24) is 19.7 Å². The maximum atomic E-state index is 12.2. The number of amides is 1. The zero-order valence-corrected chi connectivity index (χ0v) is 14.1. The molecule has 3 rings (SSSR count). The van der Waals surface area contributed by atoms with Gasteiger partial charge < -0.3 is 14.2 Å². The van der Waals surface area contributed by atoms with Crippen molar-refractivity contribution in [1.29, 1.82) is 0 Å². The molecule has 0 saturated heterocycles. The molecule has 1 aliphatic rings. The number of carbonyl (C=O) groups is 1. The van der Waals surface area contributed by atoms with Gasteiger partial charge in [0.25, 0.3) is 5.91 Å². The SMILES string of the molecule is CN(Cc1nnc2n1CCC2)C(=O)COc1ccc(Cl)cc1Cl. The highest BCUT2D eigenvalue weighted by molar-refractivity contribution is 6.35. The van der Waals surface area contributed by atoms with Crippen LogP contribution in [0.4, 0.5) is 0 Å². The van der Waals surface area contributed by atoms with Crippen LogP contribution < -0.4 is 4.74 Å². The maximum Gasteiger partial charge on any atom is 0.260 e. The Bertz CT molecular complexity index is 732. The van der Waals surface area contributed by atoms with Gasteiger partial charge >= 0.3 is 0 Å². The molecular formula is C15H16Cl2N4O2. The third kappa shape index (κ3) is 3.59. The van der Waals surface area contributed by atoms with E-state index in [-0.39, 0.29) is 12.5 Å². The number of aryl methyl sites for hydroxylation is 1. The Balaban J connectivity index is 1.57. The summed E-state index contributed by atoms with van der Waals surface area (Å²) in [6.07, 6.45) is 2.02. The number of fused-ring (bicyclic) bond motifs is 1. The van der Waals surface area contributed by atoms with E-state index in [1.165, 1.54) is 0 Å². The predicted molar refractivity (Wildman–Crippen MR) is 86.8 cm³/mol. The van der Waals surface area contributed by atoms with E-state index in [1.54, 1.807) is 30.1 Å². The number of hydrogen-bond donors (Lipinski definition) is 0. The second kappa shape index (κ2) is 6.76. The Morgan fingerprint density at radius 3 is 3.00 bits per heavy atom. The fraction of sp³-hybridized carbons (Fsp3) is 0.400. The smallest absolute Gasteiger partial charge is 0.260 e. The van der Waals surface area contributed by atoms with Crippen LogP contribution in [0.25, 0.3) is 0 Å². The summed E-state index contributed by atoms with van der Waals surface area (Å²) in [6, 6.07) is 4.88. The standard InChI is InChI=1S/C15H16Cl2N4O2/c1-20(8-14-19-18-13-3-2-6-21(13)14)15(22)9-23-12-5-4-10(16)7-11(12)17/h4-5,7H,2-3,6,8-9H2,1H3. The van der Waals surface area contributed by atoms with Gasteiger partial charge in [-0.25, -0.2) is 0 Å². The monoisotopic (exact) mass is 354 g/mol. The maximum absolute atomic E-state index is 12.2. The summed E-state index contributed by atoms with van der Waals surface area (Å²) in [6.45, 7) is 1.22. The number of rotatable bonds is 5. The summed E-state index contributed by atoms with van der Waals surface area (Å²) in [5, 5.41) is 9.18. The van der Waals surface area contributed by atoms with Crippen molar-refractivity contribution in [2.45, 2.75) is 25.9 Å². The first-order valence-electron chi connectivity index (χ1n) is 7.27. The van der Waals surface area contributed by atoms with Crippen molar-refractivity contribution < 1.29 is 9.53 Å². The summed E-state index contributed by atoms with van der Waals surface area (Å²) >= 11 is 11.8. The van der Waals surface area contributed by atoms with Crippen molar-refractivity contribution in [2.24, 2.45) is 0 Å². The Kier molecular flexibility index (Phi) is 4.73. The third-order valence-corrected chi connectivity index (χ3v) is 4.27. The van der Waals surface area contributed by atoms with Gasteiger partial charge in [-0.2, -0.15) is 0 Å². The molecule has 6 nitrogen and oxygen atoms in total. The largest absolute Gasteiger partial charge is 0.482 e. The highest BCUT2D eigenvalue weighted by Crippen LogP contribution is 2.27. The zero-order chi connectivity index (χ0) is 16.4. The van der Waals surface area contributed by atoms with Gasteiger partial charge in [0.15, 0.2) is 12.4 Å². The van der Waals surface area contributed by atoms with E-state index >= 15 is 0 Å². The Labute approximate surface area is 144 Å². The van der Waals surface area contributed by atoms with Gasteiger partial charge in [-0.15, -0.1) is 10.2 Å². The van der Waals surface area contributed by atoms with Gasteiger partial charge in [-0.1, -0.05) is 23.2 Å². The van der Waals surface area contributed by atoms with Crippen molar-refractivity contribution >= 4 is 29.1 Å². The molecule has 0 N–H and O–H groups in total. The molecule has 1 aromatic carbocycles. The van der Waals surface area contributed by atoms with E-state index < -0.39 is 0 Å². The molecule has 1 aromatic heterocycles. The third-order valence-electron chi connectivity index (χ3n) is 3.74. The molecule has 0 aliphatic carbocycles. The number of likely N-dealkylation sites (N-methyl/N-ethyl adjacent to an activating group) is 1. The minimum Gasteiger partial charge on any atom is -0.482 e. The quantitative estimate of drug-likeness (QED) is 0.827. The van der Waals surface area contributed by atoms with E-state index in [2.05, 4.69) is 14.8 Å². The van der Waals surface area contributed by atoms with Crippen molar-refractivity contribution in [3.05, 3.63) is 39.9 Å². The minimum absolute atomic E-state index is 0.0984. The van der Waals surface area contributed by atoms with Crippen LogP contribution in [0.5, 0.6) is 5.75 Å². The molecule has 122 valence electrons. The van der Waals surface area contributed by atoms with Crippen LogP contribution in [0, 0.1) is 0 Å². The zero-order valence-electron chi connectivity index (χ0n) is 12.6. The normalized spacial score (nSPS) is 13.0. The van der Waals surface area contributed by atoms with Crippen LogP contribution >= 0.6 is 23.2 Å². The lowest BCUT2D eigenvalue weighted by molar-refractivity contribution is -0.132. The molecular weight excluding hydrogens is 339 g/mol. The van der Waals surface area contributed by atoms with Crippen LogP contribution in [-0.2, 0) is 24.3 Å². The average Bonchev–Trinajstić information content (AvgIpc) is 3.11. The molecule has 0 atom stereocenters. The molecule has 2 aromatic rings. The number of nitrogens with zero attached hydrogens (tertiary/aromatic N) is 4. The molecule has 0 radical (unpaired) electrons. The first kappa shape index (κ1) is 16.1. The average molecular weight is 355 g/mol. The Morgan fingerprint density at radius 1 is 1.39 bits per heavy atom. The van der Waals surface area contributed by atoms with E-state index in [4.69, 9.17) is 27.9 Å². The Morgan fingerprint density at radius 2 is 2.22 bits per heavy atom. The van der Waals surface area contributed by atoms with Gasteiger partial charge in [0, 0.05) is 25.0 Å². The summed E-state index contributed by atoms with van der Waals surface area (Å²) in [5.41, 5.74) is 0. The topological polar surface area (TPSA) is 60.2 Å². The highest BCUT2D eigenvalue weighted by Gasteiger charge is 2.20. The molecule has 23 heavy (non-hydrogen) atoms. The number of halogens is 2. The van der Waals surface area contributed by atoms with Gasteiger partial charge in [0.05, 0.1) is 11.6 Å². The number of carbonyl (C=O) groups excluding carboxylic acids is 1. The van der Waals surface area contributed by atoms with Crippen LogP contribution in [-0.4, -0.2) is 39.2 Å².